The Kier molecular flexibility index (Phi) is 5.13. The lowest BCUT2D eigenvalue weighted by Crippen LogP contribution is -2.31. The fraction of sp³-hybridized carbons (Fsp3) is 0.238. The van der Waals surface area contributed by atoms with Gasteiger partial charge in [-0.15, -0.1) is 0 Å². The van der Waals surface area contributed by atoms with Crippen molar-refractivity contribution in [1.82, 2.24) is 15.1 Å². The van der Waals surface area contributed by atoms with Crippen LogP contribution in [0.1, 0.15) is 46.1 Å². The van der Waals surface area contributed by atoms with Gasteiger partial charge in [-0.2, -0.15) is 5.10 Å². The molecule has 0 fully saturated rings. The molecule has 0 saturated carbocycles. The molecule has 1 heterocycles. The molecule has 1 N–H and O–H groups in total. The van der Waals surface area contributed by atoms with E-state index in [1.807, 2.05) is 28.9 Å². The lowest BCUT2D eigenvalue weighted by atomic mass is 9.92. The van der Waals surface area contributed by atoms with Crippen LogP contribution in [0.25, 0.3) is 0 Å². The molecule has 1 aromatic heterocycles. The number of carbonyl (C=O) groups excluding carboxylic acids is 1. The lowest BCUT2D eigenvalue weighted by Gasteiger charge is -2.24. The van der Waals surface area contributed by atoms with E-state index in [1.54, 1.807) is 6.20 Å². The first-order valence-electron chi connectivity index (χ1n) is 9.07. The third-order valence-electron chi connectivity index (χ3n) is 5.04. The Bertz CT molecular complexity index is 1030. The number of halogens is 3. The summed E-state index contributed by atoms with van der Waals surface area (Å²) in [6, 6.07) is 10.9. The standard InChI is InChI=1S/C21H18ClF2N3O/c22-16-7-2-1-5-13(16)12-27-19-10-4-9-18(15(19)11-25-27)26-21(28)14-6-3-8-17(23)20(14)24/h1-3,5-8,11,18H,4,9-10,12H2,(H,26,28)/t18-/m0/s1. The molecule has 1 aliphatic rings. The van der Waals surface area contributed by atoms with Crippen LogP contribution in [0, 0.1) is 11.6 Å². The molecule has 0 spiro atoms. The van der Waals surface area contributed by atoms with Crippen molar-refractivity contribution in [2.45, 2.75) is 31.8 Å². The maximum absolute atomic E-state index is 13.9. The van der Waals surface area contributed by atoms with Crippen molar-refractivity contribution in [2.24, 2.45) is 0 Å². The van der Waals surface area contributed by atoms with Crippen LogP contribution in [-0.4, -0.2) is 15.7 Å². The van der Waals surface area contributed by atoms with Crippen LogP contribution >= 0.6 is 11.6 Å². The predicted molar refractivity (Wildman–Crippen MR) is 102 cm³/mol. The molecule has 144 valence electrons. The molecule has 0 saturated heterocycles. The maximum Gasteiger partial charge on any atom is 0.254 e. The monoisotopic (exact) mass is 401 g/mol. The summed E-state index contributed by atoms with van der Waals surface area (Å²) in [6.07, 6.45) is 4.14. The van der Waals surface area contributed by atoms with E-state index in [4.69, 9.17) is 11.6 Å². The number of aromatic nitrogens is 2. The fourth-order valence-corrected chi connectivity index (χ4v) is 3.80. The van der Waals surface area contributed by atoms with Crippen molar-refractivity contribution >= 4 is 17.5 Å². The number of rotatable bonds is 4. The lowest BCUT2D eigenvalue weighted by molar-refractivity contribution is 0.0927. The molecule has 3 aromatic rings. The molecule has 2 aromatic carbocycles. The summed E-state index contributed by atoms with van der Waals surface area (Å²) in [5, 5.41) is 7.97. The third-order valence-corrected chi connectivity index (χ3v) is 5.41. The zero-order valence-corrected chi connectivity index (χ0v) is 15.7. The van der Waals surface area contributed by atoms with Gasteiger partial charge in [0.05, 0.1) is 24.3 Å². The second kappa shape index (κ2) is 7.72. The van der Waals surface area contributed by atoms with E-state index in [9.17, 15) is 13.6 Å². The highest BCUT2D eigenvalue weighted by Gasteiger charge is 2.27. The Hall–Kier alpha value is -2.73. The number of benzene rings is 2. The van der Waals surface area contributed by atoms with Gasteiger partial charge in [0.25, 0.3) is 5.91 Å². The van der Waals surface area contributed by atoms with Gasteiger partial charge >= 0.3 is 0 Å². The van der Waals surface area contributed by atoms with Crippen molar-refractivity contribution in [2.75, 3.05) is 0 Å². The maximum atomic E-state index is 13.9. The smallest absolute Gasteiger partial charge is 0.254 e. The van der Waals surface area contributed by atoms with E-state index in [2.05, 4.69) is 10.4 Å². The van der Waals surface area contributed by atoms with E-state index < -0.39 is 17.5 Å². The molecular weight excluding hydrogens is 384 g/mol. The van der Waals surface area contributed by atoms with Crippen molar-refractivity contribution < 1.29 is 13.6 Å². The second-order valence-electron chi connectivity index (χ2n) is 6.82. The number of hydrogen-bond donors (Lipinski definition) is 1. The van der Waals surface area contributed by atoms with Crippen LogP contribution in [0.4, 0.5) is 8.78 Å². The van der Waals surface area contributed by atoms with Gasteiger partial charge in [-0.3, -0.25) is 9.48 Å². The Morgan fingerprint density at radius 2 is 2.04 bits per heavy atom. The van der Waals surface area contributed by atoms with Crippen molar-refractivity contribution in [1.29, 1.82) is 0 Å². The molecule has 1 amide bonds. The first-order valence-corrected chi connectivity index (χ1v) is 9.45. The highest BCUT2D eigenvalue weighted by Crippen LogP contribution is 2.31. The molecule has 1 aliphatic carbocycles. The quantitative estimate of drug-likeness (QED) is 0.690. The fourth-order valence-electron chi connectivity index (χ4n) is 3.61. The molecule has 28 heavy (non-hydrogen) atoms. The summed E-state index contributed by atoms with van der Waals surface area (Å²) in [4.78, 5) is 12.5. The Balaban J connectivity index is 1.57. The minimum atomic E-state index is -1.13. The normalized spacial score (nSPS) is 15.9. The van der Waals surface area contributed by atoms with Gasteiger partial charge in [0.1, 0.15) is 0 Å². The van der Waals surface area contributed by atoms with Crippen LogP contribution in [0.5, 0.6) is 0 Å². The third kappa shape index (κ3) is 3.52. The summed E-state index contributed by atoms with van der Waals surface area (Å²) in [5.41, 5.74) is 2.60. The topological polar surface area (TPSA) is 46.9 Å². The molecule has 0 unspecified atom stereocenters. The first kappa shape index (κ1) is 18.6. The van der Waals surface area contributed by atoms with Gasteiger partial charge in [-0.1, -0.05) is 35.9 Å². The summed E-state index contributed by atoms with van der Waals surface area (Å²) < 4.78 is 29.2. The Morgan fingerprint density at radius 1 is 1.21 bits per heavy atom. The molecule has 0 radical (unpaired) electrons. The number of hydrogen-bond acceptors (Lipinski definition) is 2. The van der Waals surface area contributed by atoms with Gasteiger partial charge in [-0.05, 0) is 43.0 Å². The summed E-state index contributed by atoms with van der Waals surface area (Å²) >= 11 is 6.25. The van der Waals surface area contributed by atoms with Gasteiger partial charge < -0.3 is 5.32 Å². The first-order chi connectivity index (χ1) is 13.5. The van der Waals surface area contributed by atoms with Crippen LogP contribution < -0.4 is 5.32 Å². The highest BCUT2D eigenvalue weighted by atomic mass is 35.5. The molecule has 4 rings (SSSR count). The van der Waals surface area contributed by atoms with Crippen molar-refractivity contribution in [3.05, 3.63) is 87.7 Å². The number of nitrogens with zero attached hydrogens (tertiary/aromatic N) is 2. The highest BCUT2D eigenvalue weighted by molar-refractivity contribution is 6.31. The largest absolute Gasteiger partial charge is 0.345 e. The molecule has 1 atom stereocenters. The summed E-state index contributed by atoms with van der Waals surface area (Å²) in [5.74, 6) is -2.80. The molecular formula is C21H18ClF2N3O. The van der Waals surface area contributed by atoms with Crippen LogP contribution in [0.3, 0.4) is 0 Å². The van der Waals surface area contributed by atoms with E-state index >= 15 is 0 Å². The van der Waals surface area contributed by atoms with E-state index in [0.717, 1.165) is 35.7 Å². The zero-order chi connectivity index (χ0) is 19.7. The average molecular weight is 402 g/mol. The molecule has 7 heteroatoms. The van der Waals surface area contributed by atoms with Crippen molar-refractivity contribution in [3.63, 3.8) is 0 Å². The van der Waals surface area contributed by atoms with E-state index in [-0.39, 0.29) is 11.6 Å². The number of carbonyl (C=O) groups is 1. The second-order valence-corrected chi connectivity index (χ2v) is 7.22. The summed E-state index contributed by atoms with van der Waals surface area (Å²) in [6.45, 7) is 0.536. The van der Waals surface area contributed by atoms with Gasteiger partial charge in [0.15, 0.2) is 11.6 Å². The van der Waals surface area contributed by atoms with Crippen LogP contribution in [0.2, 0.25) is 5.02 Å². The molecule has 0 aliphatic heterocycles. The summed E-state index contributed by atoms with van der Waals surface area (Å²) in [7, 11) is 0. The number of nitrogens with one attached hydrogen (secondary N) is 1. The SMILES string of the molecule is O=C(N[C@H]1CCCc2c1cnn2Cc1ccccc1Cl)c1cccc(F)c1F. The van der Waals surface area contributed by atoms with Crippen LogP contribution in [0.15, 0.2) is 48.7 Å². The van der Waals surface area contributed by atoms with Gasteiger partial charge in [0.2, 0.25) is 0 Å². The number of amides is 1. The van der Waals surface area contributed by atoms with Gasteiger partial charge in [0, 0.05) is 16.3 Å². The van der Waals surface area contributed by atoms with E-state index in [1.165, 1.54) is 12.1 Å². The van der Waals surface area contributed by atoms with Crippen molar-refractivity contribution in [3.8, 4) is 0 Å². The zero-order valence-electron chi connectivity index (χ0n) is 15.0. The minimum absolute atomic E-state index is 0.293. The average Bonchev–Trinajstić information content (AvgIpc) is 3.10. The predicted octanol–water partition coefficient (Wildman–Crippen LogP) is 4.67. The minimum Gasteiger partial charge on any atom is -0.345 e. The van der Waals surface area contributed by atoms with Gasteiger partial charge in [-0.25, -0.2) is 8.78 Å². The molecule has 0 bridgehead atoms. The Labute approximate surface area is 166 Å². The Morgan fingerprint density at radius 3 is 2.86 bits per heavy atom. The van der Waals surface area contributed by atoms with E-state index in [0.29, 0.717) is 18.0 Å². The van der Waals surface area contributed by atoms with Crippen LogP contribution in [-0.2, 0) is 13.0 Å². The molecule has 4 nitrogen and oxygen atoms in total. The number of fused-ring (bicyclic) bond motifs is 1.